The first-order valence-corrected chi connectivity index (χ1v) is 11.7. The number of aromatic nitrogens is 3. The van der Waals surface area contributed by atoms with Crippen LogP contribution in [0.5, 0.6) is 0 Å². The number of carbonyl (C=O) groups is 1. The van der Waals surface area contributed by atoms with E-state index in [2.05, 4.69) is 15.4 Å². The molecule has 0 atom stereocenters. The van der Waals surface area contributed by atoms with E-state index in [0.717, 1.165) is 11.1 Å². The van der Waals surface area contributed by atoms with Crippen molar-refractivity contribution in [1.82, 2.24) is 19.1 Å². The minimum Gasteiger partial charge on any atom is -0.310 e. The van der Waals surface area contributed by atoms with Gasteiger partial charge in [-0.15, -0.1) is 0 Å². The predicted molar refractivity (Wildman–Crippen MR) is 121 cm³/mol. The summed E-state index contributed by atoms with van der Waals surface area (Å²) in [6.07, 6.45) is 2.14. The number of carbonyl (C=O) groups excluding carboxylic acids is 1. The lowest BCUT2D eigenvalue weighted by Gasteiger charge is -2.21. The molecule has 0 aliphatic carbocycles. The molecule has 1 aromatic carbocycles. The molecule has 2 heterocycles. The minimum absolute atomic E-state index is 0.0994. The van der Waals surface area contributed by atoms with E-state index in [-0.39, 0.29) is 23.4 Å². The maximum Gasteiger partial charge on any atom is 0.245 e. The number of sulfonamides is 1. The summed E-state index contributed by atoms with van der Waals surface area (Å²) in [5, 5.41) is 7.97. The van der Waals surface area contributed by atoms with Gasteiger partial charge in [-0.2, -0.15) is 9.40 Å². The number of para-hydroxylation sites is 1. The van der Waals surface area contributed by atoms with Crippen molar-refractivity contribution in [1.29, 1.82) is 0 Å². The van der Waals surface area contributed by atoms with Gasteiger partial charge >= 0.3 is 0 Å². The second-order valence-electron chi connectivity index (χ2n) is 8.51. The Kier molecular flexibility index (Phi) is 6.47. The molecule has 0 fully saturated rings. The summed E-state index contributed by atoms with van der Waals surface area (Å²) < 4.78 is 29.6. The standard InChI is InChI=1S/C22H29N5O3S/c1-6-13-27(15-20(28)24-19-14-18(22(2,3)4)25-26(19)5)31(29,30)17-11-7-9-16-10-8-12-23-21(16)17/h7-12,14H,6,13,15H2,1-5H3,(H,24,28). The molecular formula is C22H29N5O3S. The van der Waals surface area contributed by atoms with Crippen LogP contribution in [-0.4, -0.2) is 46.5 Å². The van der Waals surface area contributed by atoms with Crippen LogP contribution in [0.1, 0.15) is 39.8 Å². The molecule has 1 amide bonds. The van der Waals surface area contributed by atoms with E-state index in [9.17, 15) is 13.2 Å². The summed E-state index contributed by atoms with van der Waals surface area (Å²) in [5.41, 5.74) is 1.07. The Balaban J connectivity index is 1.87. The average Bonchev–Trinajstić information content (AvgIpc) is 3.08. The SMILES string of the molecule is CCCN(CC(=O)Nc1cc(C(C)(C)C)nn1C)S(=O)(=O)c1cccc2cccnc12. The fourth-order valence-electron chi connectivity index (χ4n) is 3.25. The summed E-state index contributed by atoms with van der Waals surface area (Å²) in [6, 6.07) is 10.4. The Labute approximate surface area is 183 Å². The molecule has 0 radical (unpaired) electrons. The quantitative estimate of drug-likeness (QED) is 0.604. The van der Waals surface area contributed by atoms with E-state index in [4.69, 9.17) is 0 Å². The van der Waals surface area contributed by atoms with Crippen LogP contribution in [0.2, 0.25) is 0 Å². The average molecular weight is 444 g/mol. The van der Waals surface area contributed by atoms with Gasteiger partial charge in [0.15, 0.2) is 0 Å². The van der Waals surface area contributed by atoms with Crippen molar-refractivity contribution in [3.63, 3.8) is 0 Å². The van der Waals surface area contributed by atoms with E-state index in [1.807, 2.05) is 45.9 Å². The number of rotatable bonds is 7. The number of aryl methyl sites for hydroxylation is 1. The third-order valence-electron chi connectivity index (χ3n) is 4.92. The molecule has 3 aromatic rings. The molecule has 9 heteroatoms. The third-order valence-corrected chi connectivity index (χ3v) is 6.80. The van der Waals surface area contributed by atoms with Gasteiger partial charge in [-0.3, -0.25) is 14.5 Å². The molecule has 0 aliphatic rings. The smallest absolute Gasteiger partial charge is 0.245 e. The molecule has 0 unspecified atom stereocenters. The van der Waals surface area contributed by atoms with E-state index in [1.165, 1.54) is 10.4 Å². The lowest BCUT2D eigenvalue weighted by molar-refractivity contribution is -0.116. The lowest BCUT2D eigenvalue weighted by Crippen LogP contribution is -2.38. The molecular weight excluding hydrogens is 414 g/mol. The lowest BCUT2D eigenvalue weighted by atomic mass is 9.92. The van der Waals surface area contributed by atoms with Gasteiger partial charge in [-0.05, 0) is 18.6 Å². The number of nitrogens with zero attached hydrogens (tertiary/aromatic N) is 4. The van der Waals surface area contributed by atoms with Crippen LogP contribution in [0.15, 0.2) is 47.5 Å². The molecule has 166 valence electrons. The largest absolute Gasteiger partial charge is 0.310 e. The van der Waals surface area contributed by atoms with Crippen LogP contribution >= 0.6 is 0 Å². The first kappa shape index (κ1) is 22.9. The van der Waals surface area contributed by atoms with E-state index < -0.39 is 15.9 Å². The van der Waals surface area contributed by atoms with Crippen LogP contribution in [-0.2, 0) is 27.3 Å². The van der Waals surface area contributed by atoms with Gasteiger partial charge in [0.25, 0.3) is 0 Å². The predicted octanol–water partition coefficient (Wildman–Crippen LogP) is 3.31. The Morgan fingerprint density at radius 1 is 1.19 bits per heavy atom. The van der Waals surface area contributed by atoms with Crippen LogP contribution in [0.25, 0.3) is 10.9 Å². The molecule has 3 rings (SSSR count). The Morgan fingerprint density at radius 3 is 2.55 bits per heavy atom. The number of nitrogens with one attached hydrogen (secondary N) is 1. The Morgan fingerprint density at radius 2 is 1.90 bits per heavy atom. The van der Waals surface area contributed by atoms with Gasteiger partial charge in [0, 0.05) is 36.7 Å². The van der Waals surface area contributed by atoms with Gasteiger partial charge in [-0.1, -0.05) is 45.9 Å². The molecule has 0 aliphatic heterocycles. The van der Waals surface area contributed by atoms with Gasteiger partial charge < -0.3 is 5.32 Å². The fraction of sp³-hybridized carbons (Fsp3) is 0.409. The highest BCUT2D eigenvalue weighted by atomic mass is 32.2. The van der Waals surface area contributed by atoms with Crippen molar-refractivity contribution in [2.45, 2.75) is 44.4 Å². The molecule has 0 bridgehead atoms. The second-order valence-corrected chi connectivity index (χ2v) is 10.4. The van der Waals surface area contributed by atoms with Crippen molar-refractivity contribution < 1.29 is 13.2 Å². The Hall–Kier alpha value is -2.78. The summed E-state index contributed by atoms with van der Waals surface area (Å²) in [7, 11) is -2.17. The fourth-order valence-corrected chi connectivity index (χ4v) is 4.90. The van der Waals surface area contributed by atoms with Gasteiger partial charge in [-0.25, -0.2) is 8.42 Å². The molecule has 2 aromatic heterocycles. The maximum absolute atomic E-state index is 13.4. The third kappa shape index (κ3) is 4.94. The minimum atomic E-state index is -3.92. The maximum atomic E-state index is 13.4. The second kappa shape index (κ2) is 8.76. The molecule has 0 saturated heterocycles. The first-order valence-electron chi connectivity index (χ1n) is 10.2. The number of hydrogen-bond donors (Lipinski definition) is 1. The first-order chi connectivity index (χ1) is 14.5. The Bertz CT molecular complexity index is 1190. The molecule has 1 N–H and O–H groups in total. The van der Waals surface area contributed by atoms with E-state index in [1.54, 1.807) is 30.1 Å². The van der Waals surface area contributed by atoms with Crippen LogP contribution in [0.4, 0.5) is 5.82 Å². The monoisotopic (exact) mass is 443 g/mol. The molecule has 31 heavy (non-hydrogen) atoms. The van der Waals surface area contributed by atoms with Crippen molar-refractivity contribution in [2.75, 3.05) is 18.4 Å². The number of fused-ring (bicyclic) bond motifs is 1. The highest BCUT2D eigenvalue weighted by Gasteiger charge is 2.28. The summed E-state index contributed by atoms with van der Waals surface area (Å²) in [5.74, 6) is 0.101. The number of benzene rings is 1. The van der Waals surface area contributed by atoms with Gasteiger partial charge in [0.05, 0.1) is 17.8 Å². The zero-order valence-electron chi connectivity index (χ0n) is 18.6. The highest BCUT2D eigenvalue weighted by Crippen LogP contribution is 2.25. The van der Waals surface area contributed by atoms with Gasteiger partial charge in [0.2, 0.25) is 15.9 Å². The van der Waals surface area contributed by atoms with E-state index in [0.29, 0.717) is 17.8 Å². The normalized spacial score (nSPS) is 12.5. The van der Waals surface area contributed by atoms with Crippen molar-refractivity contribution in [3.05, 3.63) is 48.3 Å². The molecule has 8 nitrogen and oxygen atoms in total. The van der Waals surface area contributed by atoms with Crippen LogP contribution in [0, 0.1) is 0 Å². The van der Waals surface area contributed by atoms with E-state index >= 15 is 0 Å². The summed E-state index contributed by atoms with van der Waals surface area (Å²) >= 11 is 0. The van der Waals surface area contributed by atoms with Crippen molar-refractivity contribution in [3.8, 4) is 0 Å². The van der Waals surface area contributed by atoms with Gasteiger partial charge in [0.1, 0.15) is 10.7 Å². The number of anilines is 1. The zero-order valence-corrected chi connectivity index (χ0v) is 19.4. The molecule has 0 saturated carbocycles. The van der Waals surface area contributed by atoms with Crippen molar-refractivity contribution in [2.24, 2.45) is 7.05 Å². The number of amides is 1. The number of pyridine rings is 1. The molecule has 0 spiro atoms. The number of hydrogen-bond acceptors (Lipinski definition) is 5. The van der Waals surface area contributed by atoms with Crippen molar-refractivity contribution >= 4 is 32.7 Å². The zero-order chi connectivity index (χ0) is 22.8. The highest BCUT2D eigenvalue weighted by molar-refractivity contribution is 7.89. The summed E-state index contributed by atoms with van der Waals surface area (Å²) in [6.45, 7) is 7.91. The summed E-state index contributed by atoms with van der Waals surface area (Å²) in [4.78, 5) is 17.1. The topological polar surface area (TPSA) is 97.2 Å². The van der Waals surface area contributed by atoms with Crippen LogP contribution in [0.3, 0.4) is 0 Å². The van der Waals surface area contributed by atoms with Crippen LogP contribution < -0.4 is 5.32 Å².